The number of aryl methyl sites for hydroxylation is 2. The van der Waals surface area contributed by atoms with Crippen LogP contribution in [-0.4, -0.2) is 9.52 Å². The fourth-order valence-corrected chi connectivity index (χ4v) is 7.16. The zero-order valence-electron chi connectivity index (χ0n) is 32.5. The molecule has 0 unspecified atom stereocenters. The van der Waals surface area contributed by atoms with Gasteiger partial charge in [0.2, 0.25) is 0 Å². The van der Waals surface area contributed by atoms with Gasteiger partial charge in [-0.1, -0.05) is 152 Å². The average Bonchev–Trinajstić information content (AvgIpc) is 3.84. The Labute approximate surface area is 330 Å². The molecule has 0 saturated heterocycles. The van der Waals surface area contributed by atoms with E-state index in [0.717, 1.165) is 15.4 Å². The van der Waals surface area contributed by atoms with Crippen LogP contribution >= 0.6 is 17.0 Å². The van der Waals surface area contributed by atoms with Crippen molar-refractivity contribution < 1.29 is 20.8 Å². The molecule has 266 valence electrons. The molecule has 1 fully saturated rings. The summed E-state index contributed by atoms with van der Waals surface area (Å²) < 4.78 is 0. The fraction of sp³-hybridized carbons (Fsp3) is 0.362. The maximum atomic E-state index is 4.93. The number of rotatable bonds is 3. The summed E-state index contributed by atoms with van der Waals surface area (Å²) in [6.45, 7) is 22.2. The molecule has 0 spiro atoms. The Morgan fingerprint density at radius 2 is 1.12 bits per heavy atom. The van der Waals surface area contributed by atoms with Crippen LogP contribution in [-0.2, 0) is 31.7 Å². The SMILES string of the molecule is CC(C)(C)c1ccc(-c2cccc3[cH-]c(C4CCCC4)cc23)cc1.C[Si]C.Cc1cc(-c2ccc(C(C)(C)C)cc2)c2cc(C)[cH-]c2c1.[Cl][Zr+2][Cl]. The van der Waals surface area contributed by atoms with Crippen molar-refractivity contribution in [3.63, 3.8) is 0 Å². The second-order valence-corrected chi connectivity index (χ2v) is 20.9. The van der Waals surface area contributed by atoms with Crippen molar-refractivity contribution in [1.82, 2.24) is 0 Å². The number of hydrogen-bond donors (Lipinski definition) is 0. The molecule has 1 aliphatic rings. The van der Waals surface area contributed by atoms with E-state index in [9.17, 15) is 0 Å². The van der Waals surface area contributed by atoms with Gasteiger partial charge in [-0.05, 0) is 58.8 Å². The third kappa shape index (κ3) is 11.1. The van der Waals surface area contributed by atoms with Crippen molar-refractivity contribution in [3.05, 3.63) is 131 Å². The molecule has 6 aromatic rings. The van der Waals surface area contributed by atoms with E-state index in [2.05, 4.69) is 172 Å². The molecular weight excluding hydrogens is 755 g/mol. The summed E-state index contributed by atoms with van der Waals surface area (Å²) >= 11 is -0.826. The molecular formula is C47H56Cl2SiZr. The number of hydrogen-bond acceptors (Lipinski definition) is 0. The van der Waals surface area contributed by atoms with Crippen molar-refractivity contribution in [3.8, 4) is 22.3 Å². The molecule has 0 heterocycles. The summed E-state index contributed by atoms with van der Waals surface area (Å²) in [6.07, 6.45) is 5.53. The van der Waals surface area contributed by atoms with Gasteiger partial charge < -0.3 is 0 Å². The molecule has 0 aromatic heterocycles. The van der Waals surface area contributed by atoms with Crippen molar-refractivity contribution in [2.75, 3.05) is 0 Å². The first-order valence-corrected chi connectivity index (χ1v) is 26.7. The summed E-state index contributed by atoms with van der Waals surface area (Å²) in [5.41, 5.74) is 12.8. The molecule has 2 radical (unpaired) electrons. The van der Waals surface area contributed by atoms with E-state index in [-0.39, 0.29) is 10.8 Å². The van der Waals surface area contributed by atoms with Crippen molar-refractivity contribution in [2.24, 2.45) is 0 Å². The molecule has 7 rings (SSSR count). The maximum absolute atomic E-state index is 4.93. The van der Waals surface area contributed by atoms with Crippen LogP contribution in [0.2, 0.25) is 13.1 Å². The standard InChI is InChI=1S/C24H27.C21H23.C2H6Si.2ClH.Zr/c1-24(2,3)21-13-11-18(12-14-21)22-10-6-9-19-15-20(16-23(19)22)17-7-4-5-8-17;1-14-10-17-11-15(2)13-20(17)19(12-14)16-6-8-18(9-7-16)21(3,4)5;1-3-2;;;/h6,9-17H,4-5,7-8H2,1-3H3;6-13H,1-5H3;1-2H3;2*1H;/q2*-1;;;;+4/p-2. The molecule has 0 N–H and O–H groups in total. The predicted octanol–water partition coefficient (Wildman–Crippen LogP) is 15.5. The van der Waals surface area contributed by atoms with E-state index >= 15 is 0 Å². The Morgan fingerprint density at radius 1 is 0.627 bits per heavy atom. The van der Waals surface area contributed by atoms with Crippen LogP contribution in [0.4, 0.5) is 0 Å². The first-order chi connectivity index (χ1) is 24.2. The van der Waals surface area contributed by atoms with Gasteiger partial charge in [0, 0.05) is 9.52 Å². The van der Waals surface area contributed by atoms with Crippen molar-refractivity contribution in [1.29, 1.82) is 0 Å². The Kier molecular flexibility index (Phi) is 15.2. The Hall–Kier alpha value is -2.22. The van der Waals surface area contributed by atoms with Gasteiger partial charge >= 0.3 is 37.9 Å². The molecule has 1 aliphatic carbocycles. The summed E-state index contributed by atoms with van der Waals surface area (Å²) in [6, 6.07) is 39.0. The molecule has 4 heteroatoms. The topological polar surface area (TPSA) is 0 Å². The first kappa shape index (κ1) is 41.5. The van der Waals surface area contributed by atoms with Gasteiger partial charge in [-0.15, -0.1) is 63.0 Å². The van der Waals surface area contributed by atoms with E-state index < -0.39 is 20.8 Å². The van der Waals surface area contributed by atoms with Crippen LogP contribution in [0.1, 0.15) is 101 Å². The Balaban J connectivity index is 0.000000200. The Morgan fingerprint density at radius 3 is 1.63 bits per heavy atom. The normalized spacial score (nSPS) is 13.1. The van der Waals surface area contributed by atoms with Crippen LogP contribution < -0.4 is 0 Å². The molecule has 51 heavy (non-hydrogen) atoms. The summed E-state index contributed by atoms with van der Waals surface area (Å²) in [4.78, 5) is 0. The van der Waals surface area contributed by atoms with Gasteiger partial charge in [0.15, 0.2) is 0 Å². The van der Waals surface area contributed by atoms with Gasteiger partial charge in [0.25, 0.3) is 0 Å². The van der Waals surface area contributed by atoms with Crippen molar-refractivity contribution >= 4 is 48.1 Å². The van der Waals surface area contributed by atoms with E-state index in [4.69, 9.17) is 17.0 Å². The van der Waals surface area contributed by atoms with Crippen molar-refractivity contribution in [2.45, 2.75) is 111 Å². The fourth-order valence-electron chi connectivity index (χ4n) is 7.16. The van der Waals surface area contributed by atoms with Crippen LogP contribution in [0.25, 0.3) is 43.8 Å². The van der Waals surface area contributed by atoms with Crippen LogP contribution in [0, 0.1) is 13.8 Å². The minimum absolute atomic E-state index is 0.206. The van der Waals surface area contributed by atoms with Gasteiger partial charge in [-0.3, -0.25) is 0 Å². The zero-order valence-corrected chi connectivity index (χ0v) is 37.4. The zero-order chi connectivity index (χ0) is 37.3. The van der Waals surface area contributed by atoms with Gasteiger partial charge in [-0.2, -0.15) is 12.1 Å². The van der Waals surface area contributed by atoms with Gasteiger partial charge in [0.1, 0.15) is 0 Å². The molecule has 1 saturated carbocycles. The second kappa shape index (κ2) is 18.7. The third-order valence-electron chi connectivity index (χ3n) is 9.83. The number of benzene rings is 4. The minimum atomic E-state index is -0.826. The first-order valence-electron chi connectivity index (χ1n) is 18.3. The Bertz CT molecular complexity index is 1960. The summed E-state index contributed by atoms with van der Waals surface area (Å²) in [5.74, 6) is 0.786. The summed E-state index contributed by atoms with van der Waals surface area (Å²) in [5, 5.41) is 5.53. The quantitative estimate of drug-likeness (QED) is 0.123. The van der Waals surface area contributed by atoms with Crippen LogP contribution in [0.5, 0.6) is 0 Å². The predicted molar refractivity (Wildman–Crippen MR) is 227 cm³/mol. The molecule has 6 aromatic carbocycles. The molecule has 0 atom stereocenters. The summed E-state index contributed by atoms with van der Waals surface area (Å²) in [7, 11) is 11.0. The molecule has 0 nitrogen and oxygen atoms in total. The van der Waals surface area contributed by atoms with E-state index in [1.807, 2.05) is 0 Å². The van der Waals surface area contributed by atoms with E-state index in [1.54, 1.807) is 5.56 Å². The van der Waals surface area contributed by atoms with Crippen LogP contribution in [0.3, 0.4) is 0 Å². The third-order valence-corrected chi connectivity index (χ3v) is 9.83. The monoisotopic (exact) mass is 808 g/mol. The van der Waals surface area contributed by atoms with Crippen LogP contribution in [0.15, 0.2) is 103 Å². The van der Waals surface area contributed by atoms with E-state index in [1.165, 1.54) is 91.7 Å². The molecule has 0 aliphatic heterocycles. The second-order valence-electron chi connectivity index (χ2n) is 16.2. The number of fused-ring (bicyclic) bond motifs is 2. The van der Waals surface area contributed by atoms with E-state index in [0.29, 0.717) is 0 Å². The van der Waals surface area contributed by atoms with Gasteiger partial charge in [0.05, 0.1) is 0 Å². The number of halogens is 2. The molecule has 0 bridgehead atoms. The van der Waals surface area contributed by atoms with Gasteiger partial charge in [-0.25, -0.2) is 0 Å². The molecule has 0 amide bonds. The average molecular weight is 811 g/mol.